The molecule has 1 aliphatic carbocycles. The molecule has 2 fully saturated rings. The average Bonchev–Trinajstić information content (AvgIpc) is 2.39. The normalized spacial score (nSPS) is 37.9. The second kappa shape index (κ2) is 6.17. The summed E-state index contributed by atoms with van der Waals surface area (Å²) in [6.45, 7) is 7.39. The molecule has 0 aromatic heterocycles. The van der Waals surface area contributed by atoms with E-state index in [4.69, 9.17) is 10.5 Å². The van der Waals surface area contributed by atoms with Crippen LogP contribution in [0, 0.1) is 5.92 Å². The van der Waals surface area contributed by atoms with Crippen LogP contribution in [0.1, 0.15) is 46.0 Å². The molecule has 1 saturated carbocycles. The van der Waals surface area contributed by atoms with Crippen molar-refractivity contribution in [1.29, 1.82) is 0 Å². The van der Waals surface area contributed by atoms with Crippen LogP contribution >= 0.6 is 0 Å². The van der Waals surface area contributed by atoms with Gasteiger partial charge in [0.25, 0.3) is 0 Å². The molecule has 0 spiro atoms. The number of morpholine rings is 1. The van der Waals surface area contributed by atoms with Crippen LogP contribution in [0.15, 0.2) is 0 Å². The first-order valence-corrected chi connectivity index (χ1v) is 7.32. The van der Waals surface area contributed by atoms with E-state index >= 15 is 0 Å². The van der Waals surface area contributed by atoms with E-state index in [2.05, 4.69) is 18.7 Å². The van der Waals surface area contributed by atoms with Gasteiger partial charge in [0.15, 0.2) is 0 Å². The van der Waals surface area contributed by atoms with E-state index < -0.39 is 0 Å². The lowest BCUT2D eigenvalue weighted by atomic mass is 9.83. The Hall–Kier alpha value is -0.120. The molecule has 2 unspecified atom stereocenters. The summed E-state index contributed by atoms with van der Waals surface area (Å²) in [4.78, 5) is 2.63. The molecule has 2 N–H and O–H groups in total. The highest BCUT2D eigenvalue weighted by Gasteiger charge is 2.30. The molecule has 3 nitrogen and oxygen atoms in total. The summed E-state index contributed by atoms with van der Waals surface area (Å²) in [6.07, 6.45) is 7.20. The summed E-state index contributed by atoms with van der Waals surface area (Å²) in [5.41, 5.74) is 5.95. The van der Waals surface area contributed by atoms with Crippen LogP contribution in [0.3, 0.4) is 0 Å². The van der Waals surface area contributed by atoms with E-state index in [0.29, 0.717) is 0 Å². The first kappa shape index (κ1) is 13.3. The van der Waals surface area contributed by atoms with Gasteiger partial charge in [0.2, 0.25) is 0 Å². The Labute approximate surface area is 106 Å². The van der Waals surface area contributed by atoms with E-state index in [1.54, 1.807) is 0 Å². The van der Waals surface area contributed by atoms with Gasteiger partial charge in [0.05, 0.1) is 12.7 Å². The predicted molar refractivity (Wildman–Crippen MR) is 71.0 cm³/mol. The van der Waals surface area contributed by atoms with Gasteiger partial charge >= 0.3 is 0 Å². The molecule has 1 heterocycles. The zero-order valence-corrected chi connectivity index (χ0v) is 11.4. The van der Waals surface area contributed by atoms with E-state index in [0.717, 1.165) is 31.7 Å². The molecule has 0 aromatic carbocycles. The third-order valence-electron chi connectivity index (χ3n) is 4.62. The number of hydrogen-bond donors (Lipinski definition) is 1. The lowest BCUT2D eigenvalue weighted by Gasteiger charge is -2.42. The molecule has 2 rings (SSSR count). The average molecular weight is 240 g/mol. The fraction of sp³-hybridized carbons (Fsp3) is 1.00. The third-order valence-corrected chi connectivity index (χ3v) is 4.62. The summed E-state index contributed by atoms with van der Waals surface area (Å²) in [6, 6.07) is 0.952. The van der Waals surface area contributed by atoms with Crippen molar-refractivity contribution >= 4 is 0 Å². The minimum absolute atomic E-state index is 0.157. The van der Waals surface area contributed by atoms with Crippen molar-refractivity contribution in [2.45, 2.75) is 64.1 Å². The summed E-state index contributed by atoms with van der Waals surface area (Å²) < 4.78 is 5.74. The van der Waals surface area contributed by atoms with Crippen molar-refractivity contribution in [2.75, 3.05) is 19.7 Å². The Balaban J connectivity index is 1.82. The molecule has 0 amide bonds. The number of ether oxygens (including phenoxy) is 1. The van der Waals surface area contributed by atoms with Gasteiger partial charge in [-0.05, 0) is 38.5 Å². The van der Waals surface area contributed by atoms with E-state index in [9.17, 15) is 0 Å². The fourth-order valence-electron chi connectivity index (χ4n) is 3.26. The van der Waals surface area contributed by atoms with Crippen molar-refractivity contribution in [3.05, 3.63) is 0 Å². The summed E-state index contributed by atoms with van der Waals surface area (Å²) >= 11 is 0. The van der Waals surface area contributed by atoms with Crippen LogP contribution in [0.25, 0.3) is 0 Å². The highest BCUT2D eigenvalue weighted by molar-refractivity contribution is 4.85. The third kappa shape index (κ3) is 3.43. The van der Waals surface area contributed by atoms with Gasteiger partial charge in [0.1, 0.15) is 0 Å². The highest BCUT2D eigenvalue weighted by Crippen LogP contribution is 2.30. The zero-order chi connectivity index (χ0) is 12.3. The molecular weight excluding hydrogens is 212 g/mol. The standard InChI is InChI=1S/C14H28N2O/c1-3-12-4-6-13(7-5-12)16-8-9-17-14(10-16)11(2)15/h11-14H,3-10,15H2,1-2H3. The molecule has 0 aromatic rings. The number of rotatable bonds is 3. The molecule has 17 heavy (non-hydrogen) atoms. The molecule has 3 heteroatoms. The van der Waals surface area contributed by atoms with Crippen LogP contribution in [0.2, 0.25) is 0 Å². The largest absolute Gasteiger partial charge is 0.374 e. The Morgan fingerprint density at radius 2 is 2.00 bits per heavy atom. The topological polar surface area (TPSA) is 38.5 Å². The smallest absolute Gasteiger partial charge is 0.0850 e. The van der Waals surface area contributed by atoms with Crippen molar-refractivity contribution in [2.24, 2.45) is 11.7 Å². The number of hydrogen-bond acceptors (Lipinski definition) is 3. The second-order valence-electron chi connectivity index (χ2n) is 5.85. The molecule has 0 bridgehead atoms. The van der Waals surface area contributed by atoms with Gasteiger partial charge in [-0.15, -0.1) is 0 Å². The minimum Gasteiger partial charge on any atom is -0.374 e. The Kier molecular flexibility index (Phi) is 4.83. The Morgan fingerprint density at radius 3 is 2.59 bits per heavy atom. The van der Waals surface area contributed by atoms with Crippen molar-refractivity contribution in [3.8, 4) is 0 Å². The monoisotopic (exact) mass is 240 g/mol. The van der Waals surface area contributed by atoms with Crippen LogP contribution < -0.4 is 5.73 Å². The summed E-state index contributed by atoms with van der Waals surface area (Å²) in [5, 5.41) is 0. The van der Waals surface area contributed by atoms with Crippen LogP contribution in [0.5, 0.6) is 0 Å². The minimum atomic E-state index is 0.157. The molecule has 1 saturated heterocycles. The Bertz CT molecular complexity index is 224. The van der Waals surface area contributed by atoms with Gasteiger partial charge in [0, 0.05) is 25.2 Å². The van der Waals surface area contributed by atoms with Crippen molar-refractivity contribution < 1.29 is 4.74 Å². The number of nitrogens with two attached hydrogens (primary N) is 1. The van der Waals surface area contributed by atoms with Crippen LogP contribution in [-0.2, 0) is 4.74 Å². The quantitative estimate of drug-likeness (QED) is 0.820. The number of nitrogens with zero attached hydrogens (tertiary/aromatic N) is 1. The maximum atomic E-state index is 5.95. The predicted octanol–water partition coefficient (Wildman–Crippen LogP) is 2.00. The SMILES string of the molecule is CCC1CCC(N2CCOC(C(C)N)C2)CC1. The molecular formula is C14H28N2O. The molecule has 1 aliphatic heterocycles. The fourth-order valence-corrected chi connectivity index (χ4v) is 3.26. The van der Waals surface area contributed by atoms with Gasteiger partial charge in [-0.2, -0.15) is 0 Å². The zero-order valence-electron chi connectivity index (χ0n) is 11.4. The van der Waals surface area contributed by atoms with Gasteiger partial charge < -0.3 is 10.5 Å². The second-order valence-corrected chi connectivity index (χ2v) is 5.85. The van der Waals surface area contributed by atoms with Gasteiger partial charge in [-0.1, -0.05) is 13.3 Å². The van der Waals surface area contributed by atoms with Crippen LogP contribution in [0.4, 0.5) is 0 Å². The van der Waals surface area contributed by atoms with Crippen LogP contribution in [-0.4, -0.2) is 42.8 Å². The van der Waals surface area contributed by atoms with Gasteiger partial charge in [-0.3, -0.25) is 4.90 Å². The van der Waals surface area contributed by atoms with Gasteiger partial charge in [-0.25, -0.2) is 0 Å². The molecule has 2 aliphatic rings. The first-order chi connectivity index (χ1) is 8.20. The lowest BCUT2D eigenvalue weighted by Crippen LogP contribution is -2.53. The van der Waals surface area contributed by atoms with Crippen molar-refractivity contribution in [1.82, 2.24) is 4.90 Å². The molecule has 0 radical (unpaired) electrons. The highest BCUT2D eigenvalue weighted by atomic mass is 16.5. The van der Waals surface area contributed by atoms with E-state index in [1.165, 1.54) is 32.1 Å². The summed E-state index contributed by atoms with van der Waals surface area (Å²) in [5.74, 6) is 0.983. The maximum Gasteiger partial charge on any atom is 0.0850 e. The molecule has 2 atom stereocenters. The molecule has 100 valence electrons. The van der Waals surface area contributed by atoms with E-state index in [-0.39, 0.29) is 12.1 Å². The first-order valence-electron chi connectivity index (χ1n) is 7.32. The van der Waals surface area contributed by atoms with E-state index in [1.807, 2.05) is 0 Å². The van der Waals surface area contributed by atoms with Crippen molar-refractivity contribution in [3.63, 3.8) is 0 Å². The lowest BCUT2D eigenvalue weighted by molar-refractivity contribution is -0.0577. The Morgan fingerprint density at radius 1 is 1.29 bits per heavy atom. The maximum absolute atomic E-state index is 5.95. The summed E-state index contributed by atoms with van der Waals surface area (Å²) in [7, 11) is 0.